The largest absolute Gasteiger partial charge is 0.477 e. The number of amides is 1. The molecule has 1 aromatic heterocycles. The van der Waals surface area contributed by atoms with Gasteiger partial charge in [0.2, 0.25) is 5.95 Å². The Labute approximate surface area is 129 Å². The first-order valence-corrected chi connectivity index (χ1v) is 7.52. The first-order valence-electron chi connectivity index (χ1n) is 6.48. The second kappa shape index (κ2) is 5.37. The number of carbonyl (C=O) groups is 2. The number of amidine groups is 1. The summed E-state index contributed by atoms with van der Waals surface area (Å²) in [6.07, 6.45) is 3.25. The monoisotopic (exact) mass is 322 g/mol. The Kier molecular flexibility index (Phi) is 3.53. The first-order chi connectivity index (χ1) is 10.5. The molecule has 0 aromatic carbocycles. The molecule has 1 aromatic rings. The molecule has 2 aliphatic rings. The van der Waals surface area contributed by atoms with Crippen LogP contribution in [0.3, 0.4) is 0 Å². The minimum atomic E-state index is -1.17. The molecule has 116 valence electrons. The fraction of sp³-hybridized carbons (Fsp3) is 0.333. The number of fused-ring (bicyclic) bond motifs is 1. The number of hydrogen-bond donors (Lipinski definition) is 5. The minimum absolute atomic E-state index is 0.0542. The van der Waals surface area contributed by atoms with Crippen LogP contribution in [-0.2, 0) is 9.59 Å². The van der Waals surface area contributed by atoms with Crippen LogP contribution >= 0.6 is 11.8 Å². The van der Waals surface area contributed by atoms with Gasteiger partial charge >= 0.3 is 5.97 Å². The third kappa shape index (κ3) is 2.30. The van der Waals surface area contributed by atoms with Gasteiger partial charge in [0, 0.05) is 24.6 Å². The van der Waals surface area contributed by atoms with Gasteiger partial charge in [0.05, 0.1) is 5.84 Å². The van der Waals surface area contributed by atoms with E-state index in [0.717, 1.165) is 0 Å². The number of thioether (sulfide) groups is 1. The highest BCUT2D eigenvalue weighted by Crippen LogP contribution is 2.41. The Bertz CT molecular complexity index is 670. The van der Waals surface area contributed by atoms with E-state index >= 15 is 0 Å². The third-order valence-corrected chi connectivity index (χ3v) is 4.78. The van der Waals surface area contributed by atoms with Crippen LogP contribution in [0.2, 0.25) is 0 Å². The molecule has 6 N–H and O–H groups in total. The summed E-state index contributed by atoms with van der Waals surface area (Å²) in [4.78, 5) is 31.9. The van der Waals surface area contributed by atoms with Gasteiger partial charge in [-0.15, -0.1) is 11.8 Å². The van der Waals surface area contributed by atoms with Crippen molar-refractivity contribution in [1.29, 1.82) is 5.41 Å². The Morgan fingerprint density at radius 3 is 3.05 bits per heavy atom. The number of carbonyl (C=O) groups excluding carboxylic acids is 1. The highest BCUT2D eigenvalue weighted by molar-refractivity contribution is 8.00. The molecule has 3 heterocycles. The highest BCUT2D eigenvalue weighted by Gasteiger charge is 2.53. The number of carboxylic acid groups (broad SMARTS) is 1. The number of aromatic nitrogens is 2. The number of H-pyrrole nitrogens is 1. The Morgan fingerprint density at radius 1 is 1.68 bits per heavy atom. The number of hydrogen-bond acceptors (Lipinski definition) is 6. The third-order valence-electron chi connectivity index (χ3n) is 3.44. The SMILES string of the molecule is N=C(N)CC1=C(C(=O)O)N2C(=O)C(Nc3ncc[nH]3)[C@H]2SC1. The molecule has 2 aliphatic heterocycles. The summed E-state index contributed by atoms with van der Waals surface area (Å²) in [5.74, 6) is -0.732. The fourth-order valence-corrected chi connectivity index (χ4v) is 3.89. The van der Waals surface area contributed by atoms with E-state index in [1.807, 2.05) is 0 Å². The van der Waals surface area contributed by atoms with Crippen molar-refractivity contribution in [2.75, 3.05) is 11.1 Å². The van der Waals surface area contributed by atoms with Gasteiger partial charge in [-0.3, -0.25) is 15.1 Å². The van der Waals surface area contributed by atoms with Gasteiger partial charge in [0.15, 0.2) is 0 Å². The molecule has 1 saturated heterocycles. The van der Waals surface area contributed by atoms with Crippen LogP contribution in [0, 0.1) is 5.41 Å². The first kappa shape index (κ1) is 14.4. The van der Waals surface area contributed by atoms with Gasteiger partial charge in [-0.25, -0.2) is 9.78 Å². The van der Waals surface area contributed by atoms with E-state index in [4.69, 9.17) is 11.1 Å². The summed E-state index contributed by atoms with van der Waals surface area (Å²) < 4.78 is 0. The summed E-state index contributed by atoms with van der Waals surface area (Å²) in [6.45, 7) is 0. The van der Waals surface area contributed by atoms with Gasteiger partial charge in [-0.2, -0.15) is 0 Å². The predicted octanol–water partition coefficient (Wildman–Crippen LogP) is -0.230. The maximum atomic E-state index is 12.3. The van der Waals surface area contributed by atoms with E-state index in [0.29, 0.717) is 17.3 Å². The lowest BCUT2D eigenvalue weighted by Gasteiger charge is -2.49. The van der Waals surface area contributed by atoms with E-state index in [1.165, 1.54) is 16.7 Å². The zero-order chi connectivity index (χ0) is 15.9. The number of rotatable bonds is 5. The predicted molar refractivity (Wildman–Crippen MR) is 80.3 cm³/mol. The summed E-state index contributed by atoms with van der Waals surface area (Å²) >= 11 is 1.45. The number of β-lactam (4-membered cyclic amide) rings is 1. The fourth-order valence-electron chi connectivity index (χ4n) is 2.54. The van der Waals surface area contributed by atoms with Crippen molar-refractivity contribution in [2.45, 2.75) is 17.8 Å². The number of carboxylic acids is 1. The van der Waals surface area contributed by atoms with E-state index < -0.39 is 12.0 Å². The Hall–Kier alpha value is -2.49. The van der Waals surface area contributed by atoms with Gasteiger partial charge in [-0.05, 0) is 5.57 Å². The van der Waals surface area contributed by atoms with Crippen LogP contribution in [0.1, 0.15) is 6.42 Å². The van der Waals surface area contributed by atoms with Crippen molar-refractivity contribution in [2.24, 2.45) is 5.73 Å². The van der Waals surface area contributed by atoms with Crippen molar-refractivity contribution >= 4 is 35.4 Å². The molecular weight excluding hydrogens is 308 g/mol. The van der Waals surface area contributed by atoms with Gasteiger partial charge < -0.3 is 21.1 Å². The second-order valence-electron chi connectivity index (χ2n) is 4.93. The highest BCUT2D eigenvalue weighted by atomic mass is 32.2. The Balaban J connectivity index is 1.84. The Morgan fingerprint density at radius 2 is 2.45 bits per heavy atom. The summed E-state index contributed by atoms with van der Waals surface area (Å²) in [7, 11) is 0. The summed E-state index contributed by atoms with van der Waals surface area (Å²) in [6, 6.07) is -0.524. The molecule has 10 heteroatoms. The molecule has 1 fully saturated rings. The second-order valence-corrected chi connectivity index (χ2v) is 6.03. The van der Waals surface area contributed by atoms with Crippen LogP contribution in [-0.4, -0.2) is 54.9 Å². The maximum absolute atomic E-state index is 12.3. The zero-order valence-corrected chi connectivity index (χ0v) is 12.2. The van der Waals surface area contributed by atoms with Crippen LogP contribution in [0.5, 0.6) is 0 Å². The molecule has 3 rings (SSSR count). The molecule has 0 spiro atoms. The quantitative estimate of drug-likeness (QED) is 0.285. The number of nitrogens with zero attached hydrogens (tertiary/aromatic N) is 2. The van der Waals surface area contributed by atoms with E-state index in [1.54, 1.807) is 12.4 Å². The molecule has 1 amide bonds. The van der Waals surface area contributed by atoms with E-state index in [9.17, 15) is 14.7 Å². The van der Waals surface area contributed by atoms with Crippen molar-refractivity contribution < 1.29 is 14.7 Å². The topological polar surface area (TPSA) is 148 Å². The number of anilines is 1. The van der Waals surface area contributed by atoms with E-state index in [2.05, 4.69) is 15.3 Å². The summed E-state index contributed by atoms with van der Waals surface area (Å²) in [5.41, 5.74) is 5.79. The standard InChI is InChI=1S/C12H14N6O3S/c13-6(14)3-5-4-22-10-7(17-12-15-1-2-16-12)9(19)18(10)8(5)11(20)21/h1-2,7,10H,3-4H2,(H3,13,14)(H,20,21)(H2,15,16,17)/t7?,10-/m1/s1. The van der Waals surface area contributed by atoms with Crippen LogP contribution in [0.25, 0.3) is 0 Å². The van der Waals surface area contributed by atoms with Gasteiger partial charge in [-0.1, -0.05) is 0 Å². The van der Waals surface area contributed by atoms with Crippen molar-refractivity contribution in [3.63, 3.8) is 0 Å². The van der Waals surface area contributed by atoms with E-state index in [-0.39, 0.29) is 29.2 Å². The normalized spacial score (nSPS) is 23.8. The molecule has 0 saturated carbocycles. The minimum Gasteiger partial charge on any atom is -0.477 e. The number of nitrogens with one attached hydrogen (secondary N) is 3. The zero-order valence-electron chi connectivity index (χ0n) is 11.4. The molecule has 1 unspecified atom stereocenters. The molecule has 9 nitrogen and oxygen atoms in total. The maximum Gasteiger partial charge on any atom is 0.352 e. The average Bonchev–Trinajstić information content (AvgIpc) is 2.96. The lowest BCUT2D eigenvalue weighted by atomic mass is 10.0. The molecular formula is C12H14N6O3S. The number of aliphatic carboxylic acids is 1. The molecule has 0 radical (unpaired) electrons. The van der Waals surface area contributed by atoms with Crippen molar-refractivity contribution in [3.05, 3.63) is 23.7 Å². The lowest BCUT2D eigenvalue weighted by molar-refractivity contribution is -0.147. The van der Waals surface area contributed by atoms with Crippen LogP contribution in [0.15, 0.2) is 23.7 Å². The lowest BCUT2D eigenvalue weighted by Crippen LogP contribution is -2.67. The van der Waals surface area contributed by atoms with Gasteiger partial charge in [0.25, 0.3) is 5.91 Å². The molecule has 0 bridgehead atoms. The number of imidazole rings is 1. The number of aromatic amines is 1. The summed E-state index contributed by atoms with van der Waals surface area (Å²) in [5, 5.41) is 19.4. The molecule has 2 atom stereocenters. The van der Waals surface area contributed by atoms with Crippen molar-refractivity contribution in [1.82, 2.24) is 14.9 Å². The molecule has 22 heavy (non-hydrogen) atoms. The molecule has 0 aliphatic carbocycles. The van der Waals surface area contributed by atoms with Crippen LogP contribution < -0.4 is 11.1 Å². The average molecular weight is 322 g/mol. The van der Waals surface area contributed by atoms with Crippen LogP contribution in [0.4, 0.5) is 5.95 Å². The van der Waals surface area contributed by atoms with Gasteiger partial charge in [0.1, 0.15) is 17.1 Å². The number of nitrogens with two attached hydrogens (primary N) is 1. The van der Waals surface area contributed by atoms with Crippen molar-refractivity contribution in [3.8, 4) is 0 Å². The smallest absolute Gasteiger partial charge is 0.352 e.